The Labute approximate surface area is 70.2 Å². The molecule has 0 radical (unpaired) electrons. The van der Waals surface area contributed by atoms with Crippen LogP contribution in [0.2, 0.25) is 0 Å². The van der Waals surface area contributed by atoms with Crippen LogP contribution in [-0.4, -0.2) is 10.8 Å². The summed E-state index contributed by atoms with van der Waals surface area (Å²) in [6.07, 6.45) is 0. The van der Waals surface area contributed by atoms with Gasteiger partial charge in [-0.1, -0.05) is 0 Å². The van der Waals surface area contributed by atoms with E-state index in [1.165, 1.54) is 19.1 Å². The summed E-state index contributed by atoms with van der Waals surface area (Å²) in [6.45, 7) is 3.07. The maximum Gasteiger partial charge on any atom is 0.127 e. The van der Waals surface area contributed by atoms with Gasteiger partial charge in [-0.15, -0.1) is 0 Å². The minimum atomic E-state index is -0.394. The molecule has 0 aromatic heterocycles. The highest BCUT2D eigenvalue weighted by Gasteiger charge is 2.07. The van der Waals surface area contributed by atoms with Crippen molar-refractivity contribution in [2.75, 3.05) is 0 Å². The van der Waals surface area contributed by atoms with Crippen molar-refractivity contribution in [1.82, 2.24) is 0 Å². The maximum atomic E-state index is 12.9. The summed E-state index contributed by atoms with van der Waals surface area (Å²) in [6, 6.07) is 2.50. The van der Waals surface area contributed by atoms with Crippen LogP contribution in [0.1, 0.15) is 18.1 Å². The van der Waals surface area contributed by atoms with E-state index < -0.39 is 5.82 Å². The molecular formula is C9H10FNO. The summed E-state index contributed by atoms with van der Waals surface area (Å²) in [7, 11) is 0. The molecule has 0 aliphatic carbocycles. The SMILES string of the molecule is CC(=N)c1cc(F)c(C)cc1O. The number of benzene rings is 1. The Kier molecular flexibility index (Phi) is 2.13. The van der Waals surface area contributed by atoms with E-state index in [9.17, 15) is 9.50 Å². The average molecular weight is 167 g/mol. The molecule has 2 nitrogen and oxygen atoms in total. The first-order chi connectivity index (χ1) is 5.52. The Morgan fingerprint density at radius 1 is 1.50 bits per heavy atom. The van der Waals surface area contributed by atoms with Crippen molar-refractivity contribution in [3.05, 3.63) is 29.1 Å². The van der Waals surface area contributed by atoms with Gasteiger partial charge in [0.1, 0.15) is 11.6 Å². The van der Waals surface area contributed by atoms with Crippen LogP contribution in [-0.2, 0) is 0 Å². The van der Waals surface area contributed by atoms with E-state index in [4.69, 9.17) is 5.41 Å². The van der Waals surface area contributed by atoms with Crippen molar-refractivity contribution in [2.24, 2.45) is 0 Å². The fourth-order valence-corrected chi connectivity index (χ4v) is 0.967. The lowest BCUT2D eigenvalue weighted by Gasteiger charge is -2.04. The molecule has 0 spiro atoms. The highest BCUT2D eigenvalue weighted by molar-refractivity contribution is 5.98. The van der Waals surface area contributed by atoms with Gasteiger partial charge < -0.3 is 10.5 Å². The van der Waals surface area contributed by atoms with Gasteiger partial charge in [-0.3, -0.25) is 0 Å². The van der Waals surface area contributed by atoms with Gasteiger partial charge in [0.25, 0.3) is 0 Å². The molecule has 64 valence electrons. The van der Waals surface area contributed by atoms with Crippen molar-refractivity contribution in [1.29, 1.82) is 5.41 Å². The van der Waals surface area contributed by atoms with E-state index in [1.807, 2.05) is 0 Å². The van der Waals surface area contributed by atoms with Crippen molar-refractivity contribution >= 4 is 5.71 Å². The molecule has 0 heterocycles. The molecule has 0 saturated carbocycles. The highest BCUT2D eigenvalue weighted by atomic mass is 19.1. The van der Waals surface area contributed by atoms with Crippen molar-refractivity contribution in [3.63, 3.8) is 0 Å². The monoisotopic (exact) mass is 167 g/mol. The molecular weight excluding hydrogens is 157 g/mol. The zero-order chi connectivity index (χ0) is 9.30. The highest BCUT2D eigenvalue weighted by Crippen LogP contribution is 2.21. The van der Waals surface area contributed by atoms with Gasteiger partial charge in [0, 0.05) is 11.3 Å². The number of halogens is 1. The summed E-state index contributed by atoms with van der Waals surface area (Å²) in [5.74, 6) is -0.434. The summed E-state index contributed by atoms with van der Waals surface area (Å²) in [5.41, 5.74) is 0.794. The van der Waals surface area contributed by atoms with Gasteiger partial charge in [-0.25, -0.2) is 4.39 Å². The standard InChI is InChI=1S/C9H10FNO/c1-5-3-9(12)7(6(2)11)4-8(5)10/h3-4,11-12H,1-2H3. The zero-order valence-corrected chi connectivity index (χ0v) is 6.98. The van der Waals surface area contributed by atoms with E-state index >= 15 is 0 Å². The fraction of sp³-hybridized carbons (Fsp3) is 0.222. The van der Waals surface area contributed by atoms with Crippen molar-refractivity contribution in [2.45, 2.75) is 13.8 Å². The summed E-state index contributed by atoms with van der Waals surface area (Å²) in [5, 5.41) is 16.5. The number of hydrogen-bond acceptors (Lipinski definition) is 2. The third kappa shape index (κ3) is 1.44. The molecule has 3 heteroatoms. The number of rotatable bonds is 1. The first-order valence-corrected chi connectivity index (χ1v) is 3.57. The van der Waals surface area contributed by atoms with Crippen LogP contribution >= 0.6 is 0 Å². The Hall–Kier alpha value is -1.38. The lowest BCUT2D eigenvalue weighted by Crippen LogP contribution is -1.95. The predicted molar refractivity (Wildman–Crippen MR) is 45.3 cm³/mol. The number of phenolic OH excluding ortho intramolecular Hbond substituents is 1. The zero-order valence-electron chi connectivity index (χ0n) is 6.98. The first-order valence-electron chi connectivity index (χ1n) is 3.57. The Balaban J connectivity index is 3.33. The first kappa shape index (κ1) is 8.71. The quantitative estimate of drug-likeness (QED) is 0.619. The van der Waals surface area contributed by atoms with Gasteiger partial charge in [0.05, 0.1) is 0 Å². The average Bonchev–Trinajstić information content (AvgIpc) is 1.96. The lowest BCUT2D eigenvalue weighted by atomic mass is 10.1. The second-order valence-electron chi connectivity index (χ2n) is 2.74. The number of aryl methyl sites for hydroxylation is 1. The topological polar surface area (TPSA) is 44.1 Å². The maximum absolute atomic E-state index is 12.9. The molecule has 1 rings (SSSR count). The van der Waals surface area contributed by atoms with E-state index in [-0.39, 0.29) is 17.0 Å². The molecule has 0 unspecified atom stereocenters. The minimum Gasteiger partial charge on any atom is -0.507 e. The molecule has 0 saturated heterocycles. The molecule has 0 aliphatic rings. The lowest BCUT2D eigenvalue weighted by molar-refractivity contribution is 0.471. The van der Waals surface area contributed by atoms with Crippen LogP contribution in [0.3, 0.4) is 0 Å². The largest absolute Gasteiger partial charge is 0.507 e. The van der Waals surface area contributed by atoms with E-state index in [0.29, 0.717) is 5.56 Å². The number of hydrogen-bond donors (Lipinski definition) is 2. The van der Waals surface area contributed by atoms with Crippen LogP contribution in [0.25, 0.3) is 0 Å². The summed E-state index contributed by atoms with van der Waals surface area (Å²) in [4.78, 5) is 0. The molecule has 0 bridgehead atoms. The number of aromatic hydroxyl groups is 1. The van der Waals surface area contributed by atoms with Crippen LogP contribution in [0.4, 0.5) is 4.39 Å². The van der Waals surface area contributed by atoms with Crippen molar-refractivity contribution < 1.29 is 9.50 Å². The molecule has 1 aromatic carbocycles. The van der Waals surface area contributed by atoms with E-state index in [0.717, 1.165) is 0 Å². The fourth-order valence-electron chi connectivity index (χ4n) is 0.967. The molecule has 0 fully saturated rings. The molecule has 0 aliphatic heterocycles. The second kappa shape index (κ2) is 2.93. The van der Waals surface area contributed by atoms with Crippen LogP contribution in [0.15, 0.2) is 12.1 Å². The summed E-state index contributed by atoms with van der Waals surface area (Å²) >= 11 is 0. The molecule has 12 heavy (non-hydrogen) atoms. The van der Waals surface area contributed by atoms with Gasteiger partial charge in [-0.05, 0) is 31.5 Å². The minimum absolute atomic E-state index is 0.0404. The Morgan fingerprint density at radius 3 is 2.58 bits per heavy atom. The number of phenols is 1. The van der Waals surface area contributed by atoms with Gasteiger partial charge in [0.15, 0.2) is 0 Å². The third-order valence-corrected chi connectivity index (χ3v) is 1.68. The van der Waals surface area contributed by atoms with Gasteiger partial charge in [-0.2, -0.15) is 0 Å². The Bertz CT molecular complexity index is 334. The molecule has 1 aromatic rings. The van der Waals surface area contributed by atoms with Crippen molar-refractivity contribution in [3.8, 4) is 5.75 Å². The third-order valence-electron chi connectivity index (χ3n) is 1.68. The normalized spacial score (nSPS) is 9.92. The second-order valence-corrected chi connectivity index (χ2v) is 2.74. The Morgan fingerprint density at radius 2 is 2.08 bits per heavy atom. The van der Waals surface area contributed by atoms with Gasteiger partial charge >= 0.3 is 0 Å². The summed E-state index contributed by atoms with van der Waals surface area (Å²) < 4.78 is 12.9. The molecule has 2 N–H and O–H groups in total. The number of nitrogens with one attached hydrogen (secondary N) is 1. The predicted octanol–water partition coefficient (Wildman–Crippen LogP) is 2.23. The van der Waals surface area contributed by atoms with Crippen LogP contribution in [0, 0.1) is 18.2 Å². The van der Waals surface area contributed by atoms with E-state index in [2.05, 4.69) is 0 Å². The van der Waals surface area contributed by atoms with Gasteiger partial charge in [0.2, 0.25) is 0 Å². The smallest absolute Gasteiger partial charge is 0.127 e. The molecule has 0 atom stereocenters. The molecule has 0 amide bonds. The van der Waals surface area contributed by atoms with E-state index in [1.54, 1.807) is 6.92 Å². The van der Waals surface area contributed by atoms with Crippen LogP contribution in [0.5, 0.6) is 5.75 Å². The van der Waals surface area contributed by atoms with Crippen LogP contribution < -0.4 is 0 Å².